The quantitative estimate of drug-likeness (QED) is 0.0999. The molecule has 5 nitrogen and oxygen atoms in total. The Bertz CT molecular complexity index is 1170. The third-order valence-corrected chi connectivity index (χ3v) is 7.89. The summed E-state index contributed by atoms with van der Waals surface area (Å²) in [6, 6.07) is 13.4. The lowest BCUT2D eigenvalue weighted by atomic mass is 10.0. The first-order chi connectivity index (χ1) is 19.6. The van der Waals surface area contributed by atoms with E-state index in [4.69, 9.17) is 4.74 Å². The van der Waals surface area contributed by atoms with Crippen LogP contribution in [0.3, 0.4) is 0 Å². The fourth-order valence-electron chi connectivity index (χ4n) is 4.92. The van der Waals surface area contributed by atoms with E-state index in [0.29, 0.717) is 24.5 Å². The van der Waals surface area contributed by atoms with Crippen LogP contribution in [0.4, 0.5) is 5.69 Å². The van der Waals surface area contributed by atoms with Gasteiger partial charge in [-0.25, -0.2) is 0 Å². The lowest BCUT2D eigenvalue weighted by molar-refractivity contribution is -0.683. The molecule has 3 aromatic rings. The number of ketones is 1. The topological polar surface area (TPSA) is 59.3 Å². The van der Waals surface area contributed by atoms with Gasteiger partial charge < -0.3 is 27.0 Å². The van der Waals surface area contributed by atoms with Gasteiger partial charge in [-0.15, -0.1) is 0 Å². The monoisotopic (exact) mass is 642 g/mol. The van der Waals surface area contributed by atoms with Crippen LogP contribution in [0.15, 0.2) is 59.6 Å². The Hall–Kier alpha value is -2.51. The summed E-state index contributed by atoms with van der Waals surface area (Å²) in [6.45, 7) is 5.12. The van der Waals surface area contributed by atoms with Gasteiger partial charge in [0.2, 0.25) is 11.4 Å². The summed E-state index contributed by atoms with van der Waals surface area (Å²) in [5.74, 6) is 0.449. The number of amides is 1. The normalized spacial score (nSPS) is 10.7. The highest BCUT2D eigenvalue weighted by Gasteiger charge is 2.14. The molecule has 0 aliphatic heterocycles. The molecule has 0 saturated carbocycles. The molecule has 7 heteroatoms. The van der Waals surface area contributed by atoms with Crippen molar-refractivity contribution in [3.8, 4) is 5.75 Å². The van der Waals surface area contributed by atoms with E-state index in [0.717, 1.165) is 29.7 Å². The highest BCUT2D eigenvalue weighted by atomic mass is 79.9. The predicted octanol–water partition coefficient (Wildman–Crippen LogP) is 5.55. The molecule has 0 fully saturated rings. The number of para-hydroxylation sites is 1. The van der Waals surface area contributed by atoms with Gasteiger partial charge in [-0.3, -0.25) is 9.59 Å². The van der Waals surface area contributed by atoms with E-state index in [1.54, 1.807) is 24.3 Å². The molecule has 41 heavy (non-hydrogen) atoms. The first-order valence-electron chi connectivity index (χ1n) is 15.1. The van der Waals surface area contributed by atoms with Crippen LogP contribution in [0, 0.1) is 0 Å². The summed E-state index contributed by atoms with van der Waals surface area (Å²) >= 11 is 1.64. The van der Waals surface area contributed by atoms with Crippen molar-refractivity contribution in [3.05, 3.63) is 76.2 Å². The second kappa shape index (κ2) is 20.4. The molecule has 0 unspecified atom stereocenters. The largest absolute Gasteiger partial charge is 1.00 e. The zero-order valence-corrected chi connectivity index (χ0v) is 27.2. The number of ether oxygens (including phenoxy) is 1. The van der Waals surface area contributed by atoms with E-state index in [-0.39, 0.29) is 35.1 Å². The molecule has 0 bridgehead atoms. The number of rotatable bonds is 20. The summed E-state index contributed by atoms with van der Waals surface area (Å²) in [4.78, 5) is 25.2. The van der Waals surface area contributed by atoms with Gasteiger partial charge in [0.1, 0.15) is 5.75 Å². The van der Waals surface area contributed by atoms with Gasteiger partial charge in [0, 0.05) is 5.56 Å². The number of anilines is 1. The zero-order valence-electron chi connectivity index (χ0n) is 24.8. The molecule has 3 rings (SSSR count). The van der Waals surface area contributed by atoms with Crippen LogP contribution in [0.5, 0.6) is 5.75 Å². The lowest BCUT2D eigenvalue weighted by Gasteiger charge is -2.13. The number of hydrogen-bond acceptors (Lipinski definition) is 4. The Morgan fingerprint density at radius 3 is 2.17 bits per heavy atom. The highest BCUT2D eigenvalue weighted by molar-refractivity contribution is 7.07. The summed E-state index contributed by atoms with van der Waals surface area (Å²) in [5.41, 5.74) is 5.23. The van der Waals surface area contributed by atoms with Crippen LogP contribution < -0.4 is 31.6 Å². The number of unbranched alkanes of at least 4 members (excludes halogenated alkanes) is 11. The van der Waals surface area contributed by atoms with E-state index < -0.39 is 0 Å². The van der Waals surface area contributed by atoms with Gasteiger partial charge in [0.25, 0.3) is 0 Å². The van der Waals surface area contributed by atoms with Gasteiger partial charge in [-0.05, 0) is 37.1 Å². The van der Waals surface area contributed by atoms with Crippen molar-refractivity contribution in [2.45, 2.75) is 104 Å². The number of nitrogens with one attached hydrogen (secondary N) is 1. The van der Waals surface area contributed by atoms with Crippen LogP contribution in [0.25, 0.3) is 0 Å². The van der Waals surface area contributed by atoms with E-state index in [9.17, 15) is 9.59 Å². The smallest absolute Gasteiger partial charge is 0.228 e. The van der Waals surface area contributed by atoms with Crippen LogP contribution in [0.2, 0.25) is 0 Å². The van der Waals surface area contributed by atoms with Crippen molar-refractivity contribution in [1.29, 1.82) is 0 Å². The molecule has 1 N–H and O–H groups in total. The lowest BCUT2D eigenvalue weighted by Crippen LogP contribution is -3.00. The maximum Gasteiger partial charge on any atom is 0.228 e. The number of thiazole rings is 1. The number of benzene rings is 2. The van der Waals surface area contributed by atoms with Crippen molar-refractivity contribution in [3.63, 3.8) is 0 Å². The van der Waals surface area contributed by atoms with Crippen molar-refractivity contribution in [2.24, 2.45) is 0 Å². The molecule has 1 heterocycles. The second-order valence-corrected chi connectivity index (χ2v) is 11.5. The van der Waals surface area contributed by atoms with E-state index in [1.807, 2.05) is 53.5 Å². The van der Waals surface area contributed by atoms with E-state index in [1.165, 1.54) is 64.2 Å². The van der Waals surface area contributed by atoms with Gasteiger partial charge in [-0.1, -0.05) is 113 Å². The number of carbonyl (C=O) groups is 2. The van der Waals surface area contributed by atoms with Crippen molar-refractivity contribution in [1.82, 2.24) is 0 Å². The molecule has 1 amide bonds. The summed E-state index contributed by atoms with van der Waals surface area (Å²) < 4.78 is 8.08. The maximum atomic E-state index is 12.9. The number of hydrogen-bond donors (Lipinski definition) is 1. The SMILES string of the molecule is CCCCCCCCCCCCCCOc1ccc(CC(=O)Nc2ccccc2C[n+]2ccsc2)cc1C(C)=O.[Br-]. The number of Topliss-reactive ketones (excluding diaryl/α,β-unsaturated/α-hetero) is 1. The molecule has 224 valence electrons. The zero-order chi connectivity index (χ0) is 28.4. The minimum absolute atomic E-state index is 0. The molecule has 0 radical (unpaired) electrons. The molecule has 0 atom stereocenters. The van der Waals surface area contributed by atoms with Crippen molar-refractivity contribution < 1.29 is 35.9 Å². The average molecular weight is 644 g/mol. The van der Waals surface area contributed by atoms with Crippen LogP contribution in [-0.2, 0) is 17.8 Å². The molecule has 0 spiro atoms. The number of carbonyl (C=O) groups excluding carboxylic acids is 2. The minimum atomic E-state index is -0.109. The van der Waals surface area contributed by atoms with Gasteiger partial charge in [0.05, 0.1) is 29.7 Å². The predicted molar refractivity (Wildman–Crippen MR) is 165 cm³/mol. The van der Waals surface area contributed by atoms with Gasteiger partial charge in [-0.2, -0.15) is 4.57 Å². The number of halogens is 1. The molecule has 0 aliphatic rings. The van der Waals surface area contributed by atoms with E-state index in [2.05, 4.69) is 16.8 Å². The average Bonchev–Trinajstić information content (AvgIpc) is 3.46. The summed E-state index contributed by atoms with van der Waals surface area (Å²) in [5, 5.41) is 5.08. The van der Waals surface area contributed by atoms with Crippen molar-refractivity contribution in [2.75, 3.05) is 11.9 Å². The van der Waals surface area contributed by atoms with E-state index >= 15 is 0 Å². The first kappa shape index (κ1) is 34.7. The summed E-state index contributed by atoms with van der Waals surface area (Å²) in [6.07, 6.45) is 17.8. The van der Waals surface area contributed by atoms with Gasteiger partial charge >= 0.3 is 0 Å². The Labute approximate surface area is 261 Å². The highest BCUT2D eigenvalue weighted by Crippen LogP contribution is 2.23. The molecule has 2 aromatic carbocycles. The standard InChI is InChI=1S/C34H46N2O3S.BrH/c1-3-4-5-6-7-8-9-10-11-12-13-16-22-39-33-20-19-29(24-31(33)28(2)37)25-34(38)35-32-18-15-14-17-30(32)26-36-21-23-40-27-36;/h14-15,17-21,23-24,27H,3-13,16,22,25-26H2,1-2H3;1H. The van der Waals surface area contributed by atoms with Crippen molar-refractivity contribution >= 4 is 28.7 Å². The third-order valence-electron chi connectivity index (χ3n) is 7.21. The maximum absolute atomic E-state index is 12.9. The number of aromatic nitrogens is 1. The minimum Gasteiger partial charge on any atom is -1.00 e. The first-order valence-corrected chi connectivity index (χ1v) is 16.1. The summed E-state index contributed by atoms with van der Waals surface area (Å²) in [7, 11) is 0. The third kappa shape index (κ3) is 13.3. The molecule has 0 aliphatic carbocycles. The van der Waals surface area contributed by atoms with Crippen LogP contribution in [0.1, 0.15) is 112 Å². The van der Waals surface area contributed by atoms with Gasteiger partial charge in [0.15, 0.2) is 18.5 Å². The second-order valence-electron chi connectivity index (χ2n) is 10.7. The number of nitrogens with zero attached hydrogens (tertiary/aromatic N) is 1. The molecular weight excluding hydrogens is 596 g/mol. The van der Waals surface area contributed by atoms with Crippen LogP contribution >= 0.6 is 11.3 Å². The Morgan fingerprint density at radius 1 is 0.878 bits per heavy atom. The Morgan fingerprint density at radius 2 is 1.54 bits per heavy atom. The molecule has 0 saturated heterocycles. The Balaban J connectivity index is 0.00000588. The fourth-order valence-corrected chi connectivity index (χ4v) is 5.52. The molecule has 1 aromatic heterocycles. The fraction of sp³-hybridized carbons (Fsp3) is 0.500. The van der Waals surface area contributed by atoms with Crippen LogP contribution in [-0.4, -0.2) is 18.3 Å². The molecular formula is C34H47BrN2O3S. The Kier molecular flexibility index (Phi) is 17.2.